The lowest BCUT2D eigenvalue weighted by atomic mass is 9.91. The van der Waals surface area contributed by atoms with Gasteiger partial charge in [-0.1, -0.05) is 65.7 Å². The van der Waals surface area contributed by atoms with Crippen LogP contribution in [0.2, 0.25) is 0 Å². The fraction of sp³-hybridized carbons (Fsp3) is 0.261. The van der Waals surface area contributed by atoms with Crippen LogP contribution in [0.15, 0.2) is 76.3 Å². The van der Waals surface area contributed by atoms with Gasteiger partial charge in [-0.05, 0) is 29.3 Å². The maximum absolute atomic E-state index is 13.3. The van der Waals surface area contributed by atoms with Gasteiger partial charge in [0.05, 0.1) is 22.5 Å². The van der Waals surface area contributed by atoms with E-state index >= 15 is 0 Å². The van der Waals surface area contributed by atoms with Gasteiger partial charge < -0.3 is 10.4 Å². The van der Waals surface area contributed by atoms with E-state index in [1.54, 1.807) is 18.2 Å². The normalized spacial score (nSPS) is 19.8. The number of rotatable bonds is 7. The number of aliphatic hydroxyl groups excluding tert-OH is 1. The number of sulfone groups is 1. The van der Waals surface area contributed by atoms with Crippen LogP contribution in [-0.2, 0) is 19.4 Å². The van der Waals surface area contributed by atoms with Crippen molar-refractivity contribution >= 4 is 44.5 Å². The monoisotopic (exact) mass is 549 g/mol. The van der Waals surface area contributed by atoms with Gasteiger partial charge >= 0.3 is 6.36 Å². The second-order valence-corrected chi connectivity index (χ2v) is 10.8. The molecule has 35 heavy (non-hydrogen) atoms. The van der Waals surface area contributed by atoms with E-state index in [9.17, 15) is 31.5 Å². The van der Waals surface area contributed by atoms with E-state index in [0.717, 1.165) is 6.26 Å². The summed E-state index contributed by atoms with van der Waals surface area (Å²) in [6, 6.07) is 13.2. The molecule has 0 bridgehead atoms. The van der Waals surface area contributed by atoms with Crippen LogP contribution in [0.1, 0.15) is 23.5 Å². The molecule has 0 saturated carbocycles. The Kier molecular flexibility index (Phi) is 8.02. The van der Waals surface area contributed by atoms with E-state index in [-0.39, 0.29) is 21.2 Å². The molecule has 188 valence electrons. The van der Waals surface area contributed by atoms with Crippen molar-refractivity contribution in [1.29, 1.82) is 0 Å². The average molecular weight is 550 g/mol. The second-order valence-electron chi connectivity index (χ2n) is 7.78. The summed E-state index contributed by atoms with van der Waals surface area (Å²) < 4.78 is 67.3. The number of allylic oxidation sites excluding steroid dienone is 2. The maximum Gasteiger partial charge on any atom is 0.524 e. The SMILES string of the molecule is CS(=O)(=O)c1ccc(C(CO)C(=O)NC2=CC(Cl)=C(c3ccccc3)C(Cl)(OC(F)(F)F)C2)cc1. The van der Waals surface area contributed by atoms with Crippen molar-refractivity contribution < 1.29 is 36.2 Å². The molecule has 1 aliphatic rings. The average Bonchev–Trinajstić information content (AvgIpc) is 2.72. The van der Waals surface area contributed by atoms with Gasteiger partial charge in [0.1, 0.15) is 0 Å². The number of carbonyl (C=O) groups is 1. The Morgan fingerprint density at radius 2 is 1.77 bits per heavy atom. The number of aliphatic hydroxyl groups is 1. The first-order valence-corrected chi connectivity index (χ1v) is 12.7. The van der Waals surface area contributed by atoms with Gasteiger partial charge in [-0.2, -0.15) is 0 Å². The molecule has 2 aromatic rings. The summed E-state index contributed by atoms with van der Waals surface area (Å²) in [4.78, 5) is 12.9. The third kappa shape index (κ3) is 6.65. The molecule has 1 aliphatic carbocycles. The largest absolute Gasteiger partial charge is 0.524 e. The number of hydrogen-bond donors (Lipinski definition) is 2. The third-order valence-corrected chi connectivity index (χ3v) is 6.99. The summed E-state index contributed by atoms with van der Waals surface area (Å²) in [5.41, 5.74) is 0.415. The van der Waals surface area contributed by atoms with Crippen LogP contribution in [0.5, 0.6) is 0 Å². The number of alkyl halides is 4. The highest BCUT2D eigenvalue weighted by atomic mass is 35.5. The Morgan fingerprint density at radius 1 is 1.17 bits per heavy atom. The van der Waals surface area contributed by atoms with Gasteiger partial charge in [0.2, 0.25) is 5.91 Å². The topological polar surface area (TPSA) is 92.7 Å². The Labute approximate surface area is 209 Å². The van der Waals surface area contributed by atoms with Crippen LogP contribution in [0.25, 0.3) is 5.57 Å². The van der Waals surface area contributed by atoms with E-state index in [0.29, 0.717) is 11.1 Å². The Balaban J connectivity index is 1.93. The van der Waals surface area contributed by atoms with Crippen molar-refractivity contribution in [2.45, 2.75) is 28.7 Å². The summed E-state index contributed by atoms with van der Waals surface area (Å²) in [6.45, 7) is -0.652. The first-order chi connectivity index (χ1) is 16.2. The molecule has 2 N–H and O–H groups in total. The zero-order chi connectivity index (χ0) is 26.0. The molecule has 2 unspecified atom stereocenters. The lowest BCUT2D eigenvalue weighted by molar-refractivity contribution is -0.342. The first kappa shape index (κ1) is 27.2. The summed E-state index contributed by atoms with van der Waals surface area (Å²) in [5, 5.41) is 9.58. The van der Waals surface area contributed by atoms with Crippen molar-refractivity contribution in [2.24, 2.45) is 0 Å². The predicted molar refractivity (Wildman–Crippen MR) is 125 cm³/mol. The molecule has 1 amide bonds. The predicted octanol–water partition coefficient (Wildman–Crippen LogP) is 4.69. The molecule has 0 radical (unpaired) electrons. The number of nitrogens with one attached hydrogen (secondary N) is 1. The van der Waals surface area contributed by atoms with Crippen molar-refractivity contribution in [3.63, 3.8) is 0 Å². The lowest BCUT2D eigenvalue weighted by Gasteiger charge is -2.35. The summed E-state index contributed by atoms with van der Waals surface area (Å²) in [6.07, 6.45) is -3.41. The minimum Gasteiger partial charge on any atom is -0.395 e. The Morgan fingerprint density at radius 3 is 2.29 bits per heavy atom. The van der Waals surface area contributed by atoms with Gasteiger partial charge in [0, 0.05) is 23.9 Å². The Hall–Kier alpha value is -2.37. The highest BCUT2D eigenvalue weighted by Gasteiger charge is 2.48. The molecule has 2 atom stereocenters. The van der Waals surface area contributed by atoms with Crippen molar-refractivity contribution in [2.75, 3.05) is 12.9 Å². The number of halogens is 5. The first-order valence-electron chi connectivity index (χ1n) is 10.1. The summed E-state index contributed by atoms with van der Waals surface area (Å²) >= 11 is 12.7. The molecule has 0 aromatic heterocycles. The van der Waals surface area contributed by atoms with Crippen LogP contribution < -0.4 is 5.32 Å². The number of benzene rings is 2. The van der Waals surface area contributed by atoms with Crippen LogP contribution in [-0.4, -0.2) is 43.7 Å². The van der Waals surface area contributed by atoms with E-state index < -0.39 is 46.1 Å². The van der Waals surface area contributed by atoms with E-state index in [1.807, 2.05) is 0 Å². The molecule has 0 aliphatic heterocycles. The van der Waals surface area contributed by atoms with Gasteiger partial charge in [0.25, 0.3) is 0 Å². The van der Waals surface area contributed by atoms with Gasteiger partial charge in [-0.25, -0.2) is 8.42 Å². The van der Waals surface area contributed by atoms with E-state index in [4.69, 9.17) is 23.2 Å². The number of carbonyl (C=O) groups excluding carboxylic acids is 1. The summed E-state index contributed by atoms with van der Waals surface area (Å²) in [7, 11) is -3.47. The smallest absolute Gasteiger partial charge is 0.395 e. The number of hydrogen-bond acceptors (Lipinski definition) is 5. The molecule has 3 rings (SSSR count). The minimum atomic E-state index is -5.11. The second kappa shape index (κ2) is 10.3. The maximum atomic E-state index is 13.3. The standard InChI is InChI=1S/C23H20Cl2F3NO5S/c1-35(32,33)17-9-7-14(8-10-17)18(13-30)21(31)29-16-11-19(24)20(15-5-3-2-4-6-15)22(25,12-16)34-23(26,27)28/h2-11,18,30H,12-13H2,1H3,(H,29,31). The summed E-state index contributed by atoms with van der Waals surface area (Å²) in [5.74, 6) is -1.90. The highest BCUT2D eigenvalue weighted by Crippen LogP contribution is 2.48. The number of ether oxygens (including phenoxy) is 1. The molecule has 2 aromatic carbocycles. The minimum absolute atomic E-state index is 0.0231. The lowest BCUT2D eigenvalue weighted by Crippen LogP contribution is -2.40. The number of amides is 1. The van der Waals surface area contributed by atoms with E-state index in [2.05, 4.69) is 10.1 Å². The third-order valence-electron chi connectivity index (χ3n) is 5.16. The zero-order valence-corrected chi connectivity index (χ0v) is 20.5. The van der Waals surface area contributed by atoms with Crippen molar-refractivity contribution in [1.82, 2.24) is 5.32 Å². The molecule has 0 heterocycles. The van der Waals surface area contributed by atoms with Gasteiger partial charge in [-0.15, -0.1) is 13.2 Å². The van der Waals surface area contributed by atoms with Crippen molar-refractivity contribution in [3.05, 3.63) is 82.5 Å². The van der Waals surface area contributed by atoms with Crippen LogP contribution in [0.4, 0.5) is 13.2 Å². The Bertz CT molecular complexity index is 1260. The molecule has 0 fully saturated rings. The molecule has 0 saturated heterocycles. The van der Waals surface area contributed by atoms with Crippen LogP contribution >= 0.6 is 23.2 Å². The van der Waals surface area contributed by atoms with Gasteiger partial charge in [0.15, 0.2) is 14.9 Å². The van der Waals surface area contributed by atoms with Gasteiger partial charge in [-0.3, -0.25) is 9.53 Å². The molecule has 12 heteroatoms. The highest BCUT2D eigenvalue weighted by molar-refractivity contribution is 7.90. The van der Waals surface area contributed by atoms with E-state index in [1.165, 1.54) is 42.5 Å². The van der Waals surface area contributed by atoms with Crippen LogP contribution in [0.3, 0.4) is 0 Å². The molecule has 6 nitrogen and oxygen atoms in total. The molecule has 0 spiro atoms. The van der Waals surface area contributed by atoms with Crippen molar-refractivity contribution in [3.8, 4) is 0 Å². The quantitative estimate of drug-likeness (QED) is 0.488. The van der Waals surface area contributed by atoms with Crippen LogP contribution in [0, 0.1) is 0 Å². The zero-order valence-electron chi connectivity index (χ0n) is 18.1. The molecular formula is C23H20Cl2F3NO5S. The fourth-order valence-corrected chi connectivity index (χ4v) is 5.14. The fourth-order valence-electron chi connectivity index (χ4n) is 3.63. The molecular weight excluding hydrogens is 530 g/mol.